The van der Waals surface area contributed by atoms with Gasteiger partial charge in [-0.15, -0.1) is 0 Å². The minimum absolute atomic E-state index is 0.0351. The van der Waals surface area contributed by atoms with E-state index in [4.69, 9.17) is 0 Å². The fourth-order valence-electron chi connectivity index (χ4n) is 3.48. The summed E-state index contributed by atoms with van der Waals surface area (Å²) in [7, 11) is 0. The minimum atomic E-state index is -0.0351. The SMILES string of the molecule is Cc1nc(C)c(C(=O)N2CCC(n3ncc4ccccc43)C2)nc1C. The van der Waals surface area contributed by atoms with Crippen LogP contribution in [0.1, 0.15) is 40.0 Å². The van der Waals surface area contributed by atoms with E-state index in [-0.39, 0.29) is 11.9 Å². The molecule has 25 heavy (non-hydrogen) atoms. The van der Waals surface area contributed by atoms with E-state index in [0.717, 1.165) is 28.7 Å². The Labute approximate surface area is 146 Å². The number of likely N-dealkylation sites (tertiary alicyclic amines) is 1. The standard InChI is InChI=1S/C19H21N5O/c1-12-13(2)22-18(14(3)21-12)19(25)23-9-8-16(11-23)24-17-7-5-4-6-15(17)10-20-24/h4-7,10,16H,8-9,11H2,1-3H3. The van der Waals surface area contributed by atoms with Crippen molar-refractivity contribution in [1.29, 1.82) is 0 Å². The number of amides is 1. The van der Waals surface area contributed by atoms with Crippen LogP contribution < -0.4 is 0 Å². The molecule has 3 heterocycles. The van der Waals surface area contributed by atoms with Crippen molar-refractivity contribution in [2.45, 2.75) is 33.2 Å². The molecule has 0 aliphatic carbocycles. The van der Waals surface area contributed by atoms with Gasteiger partial charge in [0.15, 0.2) is 0 Å². The number of hydrogen-bond acceptors (Lipinski definition) is 4. The molecule has 0 saturated carbocycles. The van der Waals surface area contributed by atoms with E-state index < -0.39 is 0 Å². The fraction of sp³-hybridized carbons (Fsp3) is 0.368. The topological polar surface area (TPSA) is 63.9 Å². The number of rotatable bonds is 2. The molecule has 1 aromatic carbocycles. The maximum atomic E-state index is 12.9. The second kappa shape index (κ2) is 5.95. The zero-order chi connectivity index (χ0) is 17.6. The van der Waals surface area contributed by atoms with Gasteiger partial charge in [0.1, 0.15) is 5.69 Å². The van der Waals surface area contributed by atoms with Crippen molar-refractivity contribution in [3.05, 3.63) is 53.2 Å². The van der Waals surface area contributed by atoms with Gasteiger partial charge in [0.2, 0.25) is 0 Å². The molecule has 0 spiro atoms. The average Bonchev–Trinajstić information content (AvgIpc) is 3.24. The molecule has 4 rings (SSSR count). The van der Waals surface area contributed by atoms with Crippen LogP contribution in [0, 0.1) is 20.8 Å². The number of aryl methyl sites for hydroxylation is 3. The van der Waals surface area contributed by atoms with Crippen LogP contribution in [0.5, 0.6) is 0 Å². The monoisotopic (exact) mass is 335 g/mol. The van der Waals surface area contributed by atoms with E-state index >= 15 is 0 Å². The maximum absolute atomic E-state index is 12.9. The highest BCUT2D eigenvalue weighted by atomic mass is 16.2. The molecule has 1 aliphatic rings. The fourth-order valence-corrected chi connectivity index (χ4v) is 3.48. The van der Waals surface area contributed by atoms with Gasteiger partial charge in [-0.05, 0) is 33.3 Å². The van der Waals surface area contributed by atoms with Crippen molar-refractivity contribution in [2.75, 3.05) is 13.1 Å². The number of benzene rings is 1. The third-order valence-electron chi connectivity index (χ3n) is 4.99. The lowest BCUT2D eigenvalue weighted by atomic mass is 10.2. The average molecular weight is 335 g/mol. The first-order chi connectivity index (χ1) is 12.0. The highest BCUT2D eigenvalue weighted by Gasteiger charge is 2.31. The van der Waals surface area contributed by atoms with Crippen LogP contribution in [-0.2, 0) is 0 Å². The van der Waals surface area contributed by atoms with Crippen molar-refractivity contribution in [3.63, 3.8) is 0 Å². The Hall–Kier alpha value is -2.76. The molecule has 1 atom stereocenters. The molecule has 1 saturated heterocycles. The Balaban J connectivity index is 1.58. The number of fused-ring (bicyclic) bond motifs is 1. The summed E-state index contributed by atoms with van der Waals surface area (Å²) in [6.45, 7) is 7.02. The second-order valence-corrected chi connectivity index (χ2v) is 6.67. The molecule has 2 aromatic heterocycles. The lowest BCUT2D eigenvalue weighted by Crippen LogP contribution is -2.31. The van der Waals surface area contributed by atoms with Gasteiger partial charge < -0.3 is 4.90 Å². The van der Waals surface area contributed by atoms with Crippen molar-refractivity contribution in [1.82, 2.24) is 24.6 Å². The predicted molar refractivity (Wildman–Crippen MR) is 95.5 cm³/mol. The quantitative estimate of drug-likeness (QED) is 0.722. The van der Waals surface area contributed by atoms with Crippen LogP contribution in [0.4, 0.5) is 0 Å². The van der Waals surface area contributed by atoms with E-state index in [9.17, 15) is 4.79 Å². The third-order valence-corrected chi connectivity index (χ3v) is 4.99. The van der Waals surface area contributed by atoms with E-state index in [1.54, 1.807) is 0 Å². The van der Waals surface area contributed by atoms with E-state index in [0.29, 0.717) is 24.5 Å². The lowest BCUT2D eigenvalue weighted by Gasteiger charge is -2.18. The van der Waals surface area contributed by atoms with Crippen LogP contribution in [0.2, 0.25) is 0 Å². The van der Waals surface area contributed by atoms with Crippen LogP contribution in [0.3, 0.4) is 0 Å². The van der Waals surface area contributed by atoms with Crippen molar-refractivity contribution >= 4 is 16.8 Å². The van der Waals surface area contributed by atoms with Gasteiger partial charge >= 0.3 is 0 Å². The van der Waals surface area contributed by atoms with Crippen LogP contribution in [-0.4, -0.2) is 43.6 Å². The smallest absolute Gasteiger partial charge is 0.274 e. The van der Waals surface area contributed by atoms with Crippen molar-refractivity contribution < 1.29 is 4.79 Å². The van der Waals surface area contributed by atoms with Gasteiger partial charge in [-0.2, -0.15) is 5.10 Å². The summed E-state index contributed by atoms with van der Waals surface area (Å²) in [6, 6.07) is 8.37. The van der Waals surface area contributed by atoms with Gasteiger partial charge in [-0.1, -0.05) is 18.2 Å². The van der Waals surface area contributed by atoms with Crippen molar-refractivity contribution in [3.8, 4) is 0 Å². The van der Waals surface area contributed by atoms with Gasteiger partial charge in [-0.3, -0.25) is 14.5 Å². The summed E-state index contributed by atoms with van der Waals surface area (Å²) in [4.78, 5) is 23.7. The lowest BCUT2D eigenvalue weighted by molar-refractivity contribution is 0.0780. The number of carbonyl (C=O) groups excluding carboxylic acids is 1. The van der Waals surface area contributed by atoms with Crippen molar-refractivity contribution in [2.24, 2.45) is 0 Å². The molecular formula is C19H21N5O. The molecule has 0 radical (unpaired) electrons. The van der Waals surface area contributed by atoms with Gasteiger partial charge in [0.05, 0.1) is 34.8 Å². The maximum Gasteiger partial charge on any atom is 0.274 e. The number of carbonyl (C=O) groups is 1. The van der Waals surface area contributed by atoms with Crippen LogP contribution in [0.15, 0.2) is 30.5 Å². The Morgan fingerprint density at radius 2 is 1.84 bits per heavy atom. The second-order valence-electron chi connectivity index (χ2n) is 6.67. The first-order valence-electron chi connectivity index (χ1n) is 8.58. The first-order valence-corrected chi connectivity index (χ1v) is 8.58. The van der Waals surface area contributed by atoms with Crippen LogP contribution in [0.25, 0.3) is 10.9 Å². The summed E-state index contributed by atoms with van der Waals surface area (Å²) in [6.07, 6.45) is 2.79. The molecule has 0 bridgehead atoms. The Morgan fingerprint density at radius 1 is 1.08 bits per heavy atom. The summed E-state index contributed by atoms with van der Waals surface area (Å²) in [5.41, 5.74) is 3.96. The molecule has 0 N–H and O–H groups in total. The number of nitrogens with zero attached hydrogens (tertiary/aromatic N) is 5. The highest BCUT2D eigenvalue weighted by molar-refractivity contribution is 5.93. The molecular weight excluding hydrogens is 314 g/mol. The summed E-state index contributed by atoms with van der Waals surface area (Å²) >= 11 is 0. The zero-order valence-electron chi connectivity index (χ0n) is 14.7. The molecule has 1 amide bonds. The largest absolute Gasteiger partial charge is 0.335 e. The van der Waals surface area contributed by atoms with E-state index in [2.05, 4.69) is 27.2 Å². The minimum Gasteiger partial charge on any atom is -0.335 e. The predicted octanol–water partition coefficient (Wildman–Crippen LogP) is 2.84. The van der Waals surface area contributed by atoms with E-state index in [1.165, 1.54) is 0 Å². The van der Waals surface area contributed by atoms with Gasteiger partial charge in [-0.25, -0.2) is 4.98 Å². The molecule has 1 aliphatic heterocycles. The number of aromatic nitrogens is 4. The third kappa shape index (κ3) is 2.67. The summed E-state index contributed by atoms with van der Waals surface area (Å²) < 4.78 is 2.04. The molecule has 1 unspecified atom stereocenters. The highest BCUT2D eigenvalue weighted by Crippen LogP contribution is 2.26. The van der Waals surface area contributed by atoms with Gasteiger partial charge in [0.25, 0.3) is 5.91 Å². The summed E-state index contributed by atoms with van der Waals surface area (Å²) in [5, 5.41) is 5.67. The molecule has 1 fully saturated rings. The van der Waals surface area contributed by atoms with E-state index in [1.807, 2.05) is 48.7 Å². The number of para-hydroxylation sites is 1. The number of hydrogen-bond donors (Lipinski definition) is 0. The first kappa shape index (κ1) is 15.7. The zero-order valence-corrected chi connectivity index (χ0v) is 14.7. The Kier molecular flexibility index (Phi) is 3.75. The summed E-state index contributed by atoms with van der Waals surface area (Å²) in [5.74, 6) is -0.0351. The van der Waals surface area contributed by atoms with Crippen LogP contribution >= 0.6 is 0 Å². The van der Waals surface area contributed by atoms with Gasteiger partial charge in [0, 0.05) is 18.5 Å². The molecule has 6 heteroatoms. The molecule has 128 valence electrons. The molecule has 3 aromatic rings. The molecule has 6 nitrogen and oxygen atoms in total. The Morgan fingerprint density at radius 3 is 2.68 bits per heavy atom. The normalized spacial score (nSPS) is 17.4. The Bertz CT molecular complexity index is 962.